The molecule has 2 heterocycles. The average Bonchev–Trinajstić information content (AvgIpc) is 2.59. The number of rotatable bonds is 2. The van der Waals surface area contributed by atoms with E-state index in [9.17, 15) is 4.79 Å². The van der Waals surface area contributed by atoms with Gasteiger partial charge in [-0.25, -0.2) is 14.8 Å². The highest BCUT2D eigenvalue weighted by Crippen LogP contribution is 2.12. The quantitative estimate of drug-likeness (QED) is 0.727. The van der Waals surface area contributed by atoms with E-state index in [0.29, 0.717) is 23.3 Å². The first-order chi connectivity index (χ1) is 6.72. The number of aromatic nitrogens is 4. The van der Waals surface area contributed by atoms with Crippen molar-refractivity contribution >= 4 is 17.0 Å². The van der Waals surface area contributed by atoms with E-state index in [1.807, 2.05) is 6.92 Å². The number of nitrogens with one attached hydrogen (secondary N) is 1. The third-order valence-electron chi connectivity index (χ3n) is 1.87. The normalized spacial score (nSPS) is 10.6. The fraction of sp³-hybridized carbons (Fsp3) is 0.250. The van der Waals surface area contributed by atoms with Crippen molar-refractivity contribution in [3.63, 3.8) is 0 Å². The fourth-order valence-electron chi connectivity index (χ4n) is 1.17. The van der Waals surface area contributed by atoms with E-state index in [4.69, 9.17) is 5.11 Å². The molecule has 0 radical (unpaired) electrons. The minimum atomic E-state index is -1.09. The van der Waals surface area contributed by atoms with Crippen molar-refractivity contribution in [1.29, 1.82) is 0 Å². The Balaban J connectivity index is 2.69. The van der Waals surface area contributed by atoms with Gasteiger partial charge in [-0.3, -0.25) is 5.10 Å². The Hall–Kier alpha value is -1.98. The topological polar surface area (TPSA) is 91.8 Å². The summed E-state index contributed by atoms with van der Waals surface area (Å²) in [6, 6.07) is 0. The van der Waals surface area contributed by atoms with Crippen molar-refractivity contribution in [2.45, 2.75) is 13.3 Å². The summed E-state index contributed by atoms with van der Waals surface area (Å²) in [6.07, 6.45) is 2.21. The summed E-state index contributed by atoms with van der Waals surface area (Å²) in [5.74, 6) is -0.474. The number of aromatic amines is 1. The van der Waals surface area contributed by atoms with Crippen LogP contribution in [-0.2, 0) is 6.42 Å². The highest BCUT2D eigenvalue weighted by Gasteiger charge is 2.14. The van der Waals surface area contributed by atoms with E-state index in [1.165, 1.54) is 0 Å². The highest BCUT2D eigenvalue weighted by molar-refractivity contribution is 5.98. The molecule has 0 spiro atoms. The molecule has 14 heavy (non-hydrogen) atoms. The van der Waals surface area contributed by atoms with E-state index >= 15 is 0 Å². The number of aryl methyl sites for hydroxylation is 1. The molecule has 2 aromatic rings. The average molecular weight is 192 g/mol. The zero-order valence-electron chi connectivity index (χ0n) is 7.48. The SMILES string of the molecule is CCc1ncc2[nH]nc(C(=O)O)c2n1. The van der Waals surface area contributed by atoms with Gasteiger partial charge in [-0.05, 0) is 0 Å². The van der Waals surface area contributed by atoms with Gasteiger partial charge in [0.05, 0.1) is 6.20 Å². The van der Waals surface area contributed by atoms with Crippen LogP contribution in [-0.4, -0.2) is 31.2 Å². The van der Waals surface area contributed by atoms with E-state index < -0.39 is 5.97 Å². The number of fused-ring (bicyclic) bond motifs is 1. The Kier molecular flexibility index (Phi) is 1.88. The third kappa shape index (κ3) is 1.20. The Morgan fingerprint density at radius 3 is 3.07 bits per heavy atom. The Morgan fingerprint density at radius 1 is 1.64 bits per heavy atom. The van der Waals surface area contributed by atoms with Gasteiger partial charge < -0.3 is 5.11 Å². The number of H-pyrrole nitrogens is 1. The molecule has 2 rings (SSSR count). The molecule has 0 atom stereocenters. The van der Waals surface area contributed by atoms with Crippen LogP contribution in [0.5, 0.6) is 0 Å². The molecule has 0 amide bonds. The lowest BCUT2D eigenvalue weighted by Crippen LogP contribution is -1.99. The van der Waals surface area contributed by atoms with Crippen LogP contribution < -0.4 is 0 Å². The van der Waals surface area contributed by atoms with Crippen molar-refractivity contribution < 1.29 is 9.90 Å². The van der Waals surface area contributed by atoms with Gasteiger partial charge in [-0.2, -0.15) is 5.10 Å². The molecule has 0 aliphatic rings. The van der Waals surface area contributed by atoms with Crippen LogP contribution in [0.2, 0.25) is 0 Å². The molecule has 6 nitrogen and oxygen atoms in total. The molecule has 2 aromatic heterocycles. The molecular formula is C8H8N4O2. The number of carboxylic acid groups (broad SMARTS) is 1. The zero-order valence-corrected chi connectivity index (χ0v) is 7.48. The highest BCUT2D eigenvalue weighted by atomic mass is 16.4. The van der Waals surface area contributed by atoms with Gasteiger partial charge in [0, 0.05) is 6.42 Å². The number of carbonyl (C=O) groups is 1. The van der Waals surface area contributed by atoms with Crippen LogP contribution in [0.3, 0.4) is 0 Å². The smallest absolute Gasteiger partial charge is 0.358 e. The number of nitrogens with zero attached hydrogens (tertiary/aromatic N) is 3. The van der Waals surface area contributed by atoms with Gasteiger partial charge in [-0.1, -0.05) is 6.92 Å². The number of hydrogen-bond acceptors (Lipinski definition) is 4. The summed E-state index contributed by atoms with van der Waals surface area (Å²) in [5.41, 5.74) is 0.848. The molecule has 6 heteroatoms. The van der Waals surface area contributed by atoms with Gasteiger partial charge in [0.15, 0.2) is 5.69 Å². The number of aromatic carboxylic acids is 1. The van der Waals surface area contributed by atoms with Gasteiger partial charge in [0.2, 0.25) is 0 Å². The van der Waals surface area contributed by atoms with E-state index in [0.717, 1.165) is 0 Å². The van der Waals surface area contributed by atoms with E-state index in [2.05, 4.69) is 20.2 Å². The molecule has 0 saturated heterocycles. The van der Waals surface area contributed by atoms with Crippen molar-refractivity contribution in [3.05, 3.63) is 17.7 Å². The monoisotopic (exact) mass is 192 g/mol. The van der Waals surface area contributed by atoms with Crippen LogP contribution in [0.4, 0.5) is 0 Å². The first kappa shape index (κ1) is 8.61. The van der Waals surface area contributed by atoms with Gasteiger partial charge >= 0.3 is 5.97 Å². The number of carboxylic acids is 1. The Bertz CT molecular complexity index is 491. The predicted octanol–water partition coefficient (Wildman–Crippen LogP) is 0.613. The standard InChI is InChI=1S/C8H8N4O2/c1-2-5-9-3-4-6(10-5)7(8(13)14)12-11-4/h3H,2H2,1H3,(H,11,12)(H,13,14). The lowest BCUT2D eigenvalue weighted by Gasteiger charge is -1.94. The maximum Gasteiger partial charge on any atom is 0.358 e. The summed E-state index contributed by atoms with van der Waals surface area (Å²) in [6.45, 7) is 1.90. The van der Waals surface area contributed by atoms with Gasteiger partial charge in [0.1, 0.15) is 16.9 Å². The lowest BCUT2D eigenvalue weighted by molar-refractivity contribution is 0.0692. The largest absolute Gasteiger partial charge is 0.476 e. The summed E-state index contributed by atoms with van der Waals surface area (Å²) < 4.78 is 0. The first-order valence-corrected chi connectivity index (χ1v) is 4.15. The molecule has 0 saturated carbocycles. The second kappa shape index (κ2) is 3.06. The zero-order chi connectivity index (χ0) is 10.1. The van der Waals surface area contributed by atoms with Crippen LogP contribution >= 0.6 is 0 Å². The van der Waals surface area contributed by atoms with Crippen LogP contribution in [0.25, 0.3) is 11.0 Å². The molecule has 0 aliphatic heterocycles. The molecule has 0 aliphatic carbocycles. The summed E-state index contributed by atoms with van der Waals surface area (Å²) in [7, 11) is 0. The molecule has 0 unspecified atom stereocenters. The molecule has 2 N–H and O–H groups in total. The predicted molar refractivity (Wildman–Crippen MR) is 48.0 cm³/mol. The molecular weight excluding hydrogens is 184 g/mol. The van der Waals surface area contributed by atoms with Crippen molar-refractivity contribution in [2.24, 2.45) is 0 Å². The van der Waals surface area contributed by atoms with Gasteiger partial charge in [-0.15, -0.1) is 0 Å². The van der Waals surface area contributed by atoms with Crippen molar-refractivity contribution in [3.8, 4) is 0 Å². The molecule has 72 valence electrons. The Morgan fingerprint density at radius 2 is 2.43 bits per heavy atom. The van der Waals surface area contributed by atoms with Crippen LogP contribution in [0.15, 0.2) is 6.20 Å². The second-order valence-electron chi connectivity index (χ2n) is 2.78. The second-order valence-corrected chi connectivity index (χ2v) is 2.78. The summed E-state index contributed by atoms with van der Waals surface area (Å²) in [5, 5.41) is 15.0. The fourth-order valence-corrected chi connectivity index (χ4v) is 1.17. The van der Waals surface area contributed by atoms with E-state index in [1.54, 1.807) is 6.20 Å². The third-order valence-corrected chi connectivity index (χ3v) is 1.87. The maximum absolute atomic E-state index is 10.7. The first-order valence-electron chi connectivity index (χ1n) is 4.15. The number of hydrogen-bond donors (Lipinski definition) is 2. The summed E-state index contributed by atoms with van der Waals surface area (Å²) in [4.78, 5) is 18.8. The minimum absolute atomic E-state index is 0.0582. The maximum atomic E-state index is 10.7. The Labute approximate surface area is 79.0 Å². The van der Waals surface area contributed by atoms with Crippen molar-refractivity contribution in [2.75, 3.05) is 0 Å². The van der Waals surface area contributed by atoms with Crippen molar-refractivity contribution in [1.82, 2.24) is 20.2 Å². The van der Waals surface area contributed by atoms with Crippen LogP contribution in [0, 0.1) is 0 Å². The van der Waals surface area contributed by atoms with Gasteiger partial charge in [0.25, 0.3) is 0 Å². The lowest BCUT2D eigenvalue weighted by atomic mass is 10.3. The molecule has 0 bridgehead atoms. The molecule has 0 aromatic carbocycles. The van der Waals surface area contributed by atoms with E-state index in [-0.39, 0.29) is 5.69 Å². The summed E-state index contributed by atoms with van der Waals surface area (Å²) >= 11 is 0. The minimum Gasteiger partial charge on any atom is -0.476 e. The molecule has 0 fully saturated rings. The van der Waals surface area contributed by atoms with Crippen LogP contribution in [0.1, 0.15) is 23.2 Å².